The Morgan fingerprint density at radius 1 is 1.19 bits per heavy atom. The number of rotatable bonds is 3. The first kappa shape index (κ1) is 18.1. The van der Waals surface area contributed by atoms with Gasteiger partial charge < -0.3 is 9.88 Å². The van der Waals surface area contributed by atoms with Crippen molar-refractivity contribution in [2.45, 2.75) is 52.0 Å². The predicted molar refractivity (Wildman–Crippen MR) is 113 cm³/mol. The Morgan fingerprint density at radius 2 is 2.00 bits per heavy atom. The molecule has 1 aromatic carbocycles. The van der Waals surface area contributed by atoms with Crippen LogP contribution in [0.3, 0.4) is 0 Å². The Hall–Kier alpha value is -2.27. The third-order valence-corrected chi connectivity index (χ3v) is 6.39. The molecule has 1 aliphatic carbocycles. The van der Waals surface area contributed by atoms with Gasteiger partial charge in [0, 0.05) is 18.4 Å². The highest BCUT2D eigenvalue weighted by Crippen LogP contribution is 2.31. The largest absolute Gasteiger partial charge is 0.351 e. The zero-order valence-corrected chi connectivity index (χ0v) is 16.7. The van der Waals surface area contributed by atoms with E-state index in [4.69, 9.17) is 0 Å². The lowest BCUT2D eigenvalue weighted by molar-refractivity contribution is -0.115. The minimum absolute atomic E-state index is 0.0746. The zero-order valence-electron chi connectivity index (χ0n) is 15.9. The zero-order chi connectivity index (χ0) is 18.8. The van der Waals surface area contributed by atoms with Crippen molar-refractivity contribution in [3.05, 3.63) is 58.3 Å². The molecule has 27 heavy (non-hydrogen) atoms. The van der Waals surface area contributed by atoms with Crippen LogP contribution in [0.25, 0.3) is 6.08 Å². The number of carbonyl (C=O) groups excluding carboxylic acids is 1. The van der Waals surface area contributed by atoms with Crippen LogP contribution < -0.4 is 5.32 Å². The lowest BCUT2D eigenvalue weighted by atomic mass is 9.95. The summed E-state index contributed by atoms with van der Waals surface area (Å²) in [5.41, 5.74) is 4.32. The smallest absolute Gasteiger partial charge is 0.264 e. The van der Waals surface area contributed by atoms with Crippen molar-refractivity contribution >= 4 is 34.6 Å². The van der Waals surface area contributed by atoms with E-state index in [-0.39, 0.29) is 5.91 Å². The summed E-state index contributed by atoms with van der Waals surface area (Å²) in [5, 5.41) is 3.53. The van der Waals surface area contributed by atoms with Crippen molar-refractivity contribution in [3.63, 3.8) is 0 Å². The van der Waals surface area contributed by atoms with E-state index in [0.29, 0.717) is 16.1 Å². The highest BCUT2D eigenvalue weighted by Gasteiger charge is 2.24. The van der Waals surface area contributed by atoms with Gasteiger partial charge in [0.15, 0.2) is 5.17 Å². The van der Waals surface area contributed by atoms with Crippen LogP contribution in [0.1, 0.15) is 54.8 Å². The molecule has 2 aliphatic rings. The number of aromatic nitrogens is 1. The maximum atomic E-state index is 12.4. The molecule has 2 fully saturated rings. The van der Waals surface area contributed by atoms with Gasteiger partial charge in [-0.15, -0.1) is 0 Å². The molecular formula is C22H25N3OS. The first-order valence-corrected chi connectivity index (χ1v) is 10.4. The fraction of sp³-hybridized carbons (Fsp3) is 0.364. The Kier molecular flexibility index (Phi) is 5.21. The third kappa shape index (κ3) is 4.03. The molecule has 1 aromatic heterocycles. The van der Waals surface area contributed by atoms with Gasteiger partial charge in [0.05, 0.1) is 10.6 Å². The second kappa shape index (κ2) is 7.77. The van der Waals surface area contributed by atoms with Crippen LogP contribution in [0, 0.1) is 13.8 Å². The van der Waals surface area contributed by atoms with Crippen molar-refractivity contribution < 1.29 is 4.79 Å². The summed E-state index contributed by atoms with van der Waals surface area (Å²) >= 11 is 1.41. The van der Waals surface area contributed by atoms with Crippen molar-refractivity contribution in [3.8, 4) is 0 Å². The first-order valence-electron chi connectivity index (χ1n) is 9.63. The van der Waals surface area contributed by atoms with Crippen molar-refractivity contribution in [1.82, 2.24) is 9.88 Å². The molecule has 4 rings (SSSR count). The number of amidine groups is 1. The summed E-state index contributed by atoms with van der Waals surface area (Å²) in [4.78, 5) is 17.7. The minimum Gasteiger partial charge on any atom is -0.351 e. The minimum atomic E-state index is -0.0746. The molecule has 1 aliphatic heterocycles. The quantitative estimate of drug-likeness (QED) is 0.716. The van der Waals surface area contributed by atoms with Crippen molar-refractivity contribution in [2.24, 2.45) is 4.99 Å². The number of hydrogen-bond donors (Lipinski definition) is 1. The molecule has 1 N–H and O–H groups in total. The van der Waals surface area contributed by atoms with Crippen LogP contribution in [0.4, 0.5) is 5.69 Å². The van der Waals surface area contributed by atoms with Gasteiger partial charge in [-0.05, 0) is 73.4 Å². The predicted octanol–water partition coefficient (Wildman–Crippen LogP) is 5.50. The van der Waals surface area contributed by atoms with E-state index >= 15 is 0 Å². The molecule has 0 unspecified atom stereocenters. The number of aliphatic imine (C=N–C) groups is 1. The Balaban J connectivity index is 1.51. The van der Waals surface area contributed by atoms with Crippen molar-refractivity contribution in [2.75, 3.05) is 0 Å². The van der Waals surface area contributed by atoms with E-state index in [0.717, 1.165) is 16.8 Å². The summed E-state index contributed by atoms with van der Waals surface area (Å²) in [6.45, 7) is 4.13. The number of aryl methyl sites for hydroxylation is 1. The molecule has 2 heterocycles. The van der Waals surface area contributed by atoms with Gasteiger partial charge >= 0.3 is 0 Å². The van der Waals surface area contributed by atoms with E-state index in [1.807, 2.05) is 18.2 Å². The standard InChI is InChI=1S/C22H25N3OS/c1-15-7-6-10-19(16(15)2)23-22-24-21(26)20(27-22)13-17-11-12-25(14-17)18-8-4-3-5-9-18/h6-7,10-14,18H,3-5,8-9H2,1-2H3,(H,23,24,26)/b20-13+. The average Bonchev–Trinajstić information content (AvgIpc) is 3.27. The van der Waals surface area contributed by atoms with Gasteiger partial charge in [0.2, 0.25) is 0 Å². The molecule has 0 spiro atoms. The number of thioether (sulfide) groups is 1. The molecule has 1 saturated heterocycles. The van der Waals surface area contributed by atoms with Crippen LogP contribution in [0.5, 0.6) is 0 Å². The average molecular weight is 380 g/mol. The van der Waals surface area contributed by atoms with E-state index < -0.39 is 0 Å². The highest BCUT2D eigenvalue weighted by atomic mass is 32.2. The van der Waals surface area contributed by atoms with Gasteiger partial charge in [-0.1, -0.05) is 31.4 Å². The van der Waals surface area contributed by atoms with E-state index in [1.54, 1.807) is 0 Å². The molecule has 1 amide bonds. The fourth-order valence-electron chi connectivity index (χ4n) is 3.72. The van der Waals surface area contributed by atoms with Crippen LogP contribution in [-0.4, -0.2) is 15.6 Å². The van der Waals surface area contributed by atoms with Gasteiger partial charge in [-0.2, -0.15) is 0 Å². The molecule has 0 bridgehead atoms. The normalized spacial score (nSPS) is 21.2. The van der Waals surface area contributed by atoms with Gasteiger partial charge in [-0.25, -0.2) is 4.99 Å². The maximum Gasteiger partial charge on any atom is 0.264 e. The SMILES string of the molecule is Cc1cccc(N=C2NC(=O)/C(=C\c3ccn(C4CCCCC4)c3)S2)c1C. The molecule has 140 valence electrons. The summed E-state index contributed by atoms with van der Waals surface area (Å²) < 4.78 is 2.31. The molecule has 5 heteroatoms. The molecule has 0 radical (unpaired) electrons. The monoisotopic (exact) mass is 379 g/mol. The first-order chi connectivity index (χ1) is 13.1. The Labute approximate surface area is 164 Å². The molecular weight excluding hydrogens is 354 g/mol. The van der Waals surface area contributed by atoms with Gasteiger partial charge in [0.1, 0.15) is 0 Å². The Morgan fingerprint density at radius 3 is 2.81 bits per heavy atom. The second-order valence-corrected chi connectivity index (χ2v) is 8.42. The molecule has 4 nitrogen and oxygen atoms in total. The van der Waals surface area contributed by atoms with Crippen LogP contribution in [-0.2, 0) is 4.79 Å². The summed E-state index contributed by atoms with van der Waals surface area (Å²) in [7, 11) is 0. The number of nitrogens with zero attached hydrogens (tertiary/aromatic N) is 2. The molecule has 2 aromatic rings. The highest BCUT2D eigenvalue weighted by molar-refractivity contribution is 8.18. The molecule has 1 saturated carbocycles. The van der Waals surface area contributed by atoms with E-state index in [9.17, 15) is 4.79 Å². The van der Waals surface area contributed by atoms with E-state index in [2.05, 4.69) is 53.3 Å². The fourth-order valence-corrected chi connectivity index (χ4v) is 4.55. The second-order valence-electron chi connectivity index (χ2n) is 7.38. The van der Waals surface area contributed by atoms with Crippen LogP contribution >= 0.6 is 11.8 Å². The number of carbonyl (C=O) groups is 1. The third-order valence-electron chi connectivity index (χ3n) is 5.48. The van der Waals surface area contributed by atoms with Crippen LogP contribution in [0.15, 0.2) is 46.6 Å². The lowest BCUT2D eigenvalue weighted by Gasteiger charge is -2.23. The topological polar surface area (TPSA) is 46.4 Å². The van der Waals surface area contributed by atoms with Crippen LogP contribution in [0.2, 0.25) is 0 Å². The van der Waals surface area contributed by atoms with E-state index in [1.165, 1.54) is 49.4 Å². The van der Waals surface area contributed by atoms with Crippen molar-refractivity contribution in [1.29, 1.82) is 0 Å². The maximum absolute atomic E-state index is 12.4. The molecule has 0 atom stereocenters. The number of nitrogens with one attached hydrogen (secondary N) is 1. The van der Waals surface area contributed by atoms with Gasteiger partial charge in [0.25, 0.3) is 5.91 Å². The lowest BCUT2D eigenvalue weighted by Crippen LogP contribution is -2.19. The summed E-state index contributed by atoms with van der Waals surface area (Å²) in [5.74, 6) is -0.0746. The Bertz CT molecular complexity index is 919. The summed E-state index contributed by atoms with van der Waals surface area (Å²) in [6, 6.07) is 8.75. The van der Waals surface area contributed by atoms with Gasteiger partial charge in [-0.3, -0.25) is 4.79 Å². The number of benzene rings is 1. The number of amides is 1. The number of hydrogen-bond acceptors (Lipinski definition) is 3. The summed E-state index contributed by atoms with van der Waals surface area (Å²) in [6.07, 6.45) is 12.8.